The van der Waals surface area contributed by atoms with Crippen molar-refractivity contribution in [2.45, 2.75) is 33.7 Å². The van der Waals surface area contributed by atoms with Gasteiger partial charge in [-0.25, -0.2) is 9.79 Å². The summed E-state index contributed by atoms with van der Waals surface area (Å²) < 4.78 is 10.7. The highest BCUT2D eigenvalue weighted by molar-refractivity contribution is 9.10. The molecular formula is C27H24BrN3O3S2. The van der Waals surface area contributed by atoms with Gasteiger partial charge in [-0.05, 0) is 81.1 Å². The van der Waals surface area contributed by atoms with Gasteiger partial charge in [0.15, 0.2) is 4.80 Å². The Kier molecular flexibility index (Phi) is 6.72. The van der Waals surface area contributed by atoms with Crippen LogP contribution in [-0.4, -0.2) is 21.7 Å². The summed E-state index contributed by atoms with van der Waals surface area (Å²) in [4.78, 5) is 32.8. The molecule has 0 fully saturated rings. The van der Waals surface area contributed by atoms with Gasteiger partial charge in [-0.3, -0.25) is 9.36 Å². The number of ether oxygens (including phenoxy) is 1. The fraction of sp³-hybridized carbons (Fsp3) is 0.222. The van der Waals surface area contributed by atoms with Gasteiger partial charge >= 0.3 is 5.97 Å². The average Bonchev–Trinajstić information content (AvgIpc) is 3.54. The number of hydrogen-bond acceptors (Lipinski definition) is 6. The summed E-state index contributed by atoms with van der Waals surface area (Å²) in [5.41, 5.74) is 4.96. The minimum atomic E-state index is -0.558. The number of rotatable bonds is 5. The molecule has 0 bridgehead atoms. The molecule has 5 rings (SSSR count). The molecule has 1 aliphatic rings. The molecule has 6 nitrogen and oxygen atoms in total. The van der Waals surface area contributed by atoms with Crippen LogP contribution in [0.3, 0.4) is 0 Å². The van der Waals surface area contributed by atoms with E-state index in [0.29, 0.717) is 20.6 Å². The maximum atomic E-state index is 13.8. The first kappa shape index (κ1) is 24.7. The summed E-state index contributed by atoms with van der Waals surface area (Å²) in [5.74, 6) is -0.440. The van der Waals surface area contributed by atoms with Crippen molar-refractivity contribution < 1.29 is 9.53 Å². The van der Waals surface area contributed by atoms with E-state index in [9.17, 15) is 9.59 Å². The zero-order valence-electron chi connectivity index (χ0n) is 20.2. The van der Waals surface area contributed by atoms with E-state index in [1.165, 1.54) is 22.7 Å². The highest BCUT2D eigenvalue weighted by Gasteiger charge is 2.33. The third-order valence-corrected chi connectivity index (χ3v) is 8.61. The Hall–Kier alpha value is -3.01. The second kappa shape index (κ2) is 9.80. The Morgan fingerprint density at radius 3 is 2.61 bits per heavy atom. The number of thiophene rings is 1. The minimum Gasteiger partial charge on any atom is -0.463 e. The van der Waals surface area contributed by atoms with Gasteiger partial charge in [0.05, 0.1) is 22.4 Å². The first-order valence-corrected chi connectivity index (χ1v) is 14.0. The van der Waals surface area contributed by atoms with Crippen molar-refractivity contribution >= 4 is 50.6 Å². The molecule has 4 aromatic rings. The van der Waals surface area contributed by atoms with Crippen molar-refractivity contribution in [1.82, 2.24) is 9.13 Å². The summed E-state index contributed by atoms with van der Waals surface area (Å²) in [6.45, 7) is 7.93. The number of aromatic nitrogens is 2. The third kappa shape index (κ3) is 4.25. The number of fused-ring (bicyclic) bond motifs is 1. The molecule has 1 unspecified atom stereocenters. The van der Waals surface area contributed by atoms with Gasteiger partial charge in [-0.15, -0.1) is 11.3 Å². The molecule has 9 heteroatoms. The molecule has 3 aromatic heterocycles. The molecule has 36 heavy (non-hydrogen) atoms. The number of benzene rings is 1. The largest absolute Gasteiger partial charge is 0.463 e. The first-order chi connectivity index (χ1) is 17.3. The van der Waals surface area contributed by atoms with Crippen molar-refractivity contribution in [3.05, 3.63) is 105 Å². The Bertz CT molecular complexity index is 1670. The Morgan fingerprint density at radius 1 is 1.19 bits per heavy atom. The smallest absolute Gasteiger partial charge is 0.338 e. The van der Waals surface area contributed by atoms with Crippen molar-refractivity contribution in [1.29, 1.82) is 0 Å². The number of carbonyl (C=O) groups excluding carboxylic acids is 1. The van der Waals surface area contributed by atoms with Gasteiger partial charge in [-0.1, -0.05) is 33.3 Å². The molecule has 0 amide bonds. The standard InChI is InChI=1S/C27H24BrN3O3S2/c1-5-34-26(33)23-16(3)29-27-31(24(23)21-7-6-12-35-21)25(32)22(36-27)14-18-13-15(2)30(17(18)4)20-10-8-19(28)9-11-20/h6-14,24H,5H2,1-4H3/b22-14+. The van der Waals surface area contributed by atoms with Crippen LogP contribution in [0, 0.1) is 13.8 Å². The van der Waals surface area contributed by atoms with Crippen molar-refractivity contribution in [3.63, 3.8) is 0 Å². The van der Waals surface area contributed by atoms with Gasteiger partial charge in [0.2, 0.25) is 0 Å². The lowest BCUT2D eigenvalue weighted by atomic mass is 10.0. The molecule has 0 saturated heterocycles. The maximum absolute atomic E-state index is 13.8. The molecule has 1 atom stereocenters. The number of halogens is 1. The molecule has 1 aromatic carbocycles. The lowest BCUT2D eigenvalue weighted by molar-refractivity contribution is -0.139. The van der Waals surface area contributed by atoms with Crippen LogP contribution >= 0.6 is 38.6 Å². The Morgan fingerprint density at radius 2 is 1.94 bits per heavy atom. The van der Waals surface area contributed by atoms with Crippen LogP contribution in [-0.2, 0) is 9.53 Å². The van der Waals surface area contributed by atoms with Crippen molar-refractivity contribution in [2.24, 2.45) is 4.99 Å². The van der Waals surface area contributed by atoms with Crippen LogP contribution in [0.25, 0.3) is 11.8 Å². The SMILES string of the molecule is CCOC(=O)C1=C(C)N=c2s/c(=C/c3cc(C)n(-c4ccc(Br)cc4)c3C)c(=O)n2C1c1cccs1. The molecule has 1 aliphatic heterocycles. The van der Waals surface area contributed by atoms with Crippen LogP contribution in [0.1, 0.15) is 41.7 Å². The lowest BCUT2D eigenvalue weighted by Gasteiger charge is -2.23. The zero-order chi connectivity index (χ0) is 25.6. The quantitative estimate of drug-likeness (QED) is 0.310. The van der Waals surface area contributed by atoms with E-state index in [0.717, 1.165) is 32.0 Å². The summed E-state index contributed by atoms with van der Waals surface area (Å²) in [5, 5.41) is 1.94. The van der Waals surface area contributed by atoms with Crippen LogP contribution in [0.5, 0.6) is 0 Å². The molecule has 0 radical (unpaired) electrons. The Labute approximate surface area is 224 Å². The number of carbonyl (C=O) groups is 1. The third-order valence-electron chi connectivity index (χ3n) is 6.17. The topological polar surface area (TPSA) is 65.6 Å². The number of aryl methyl sites for hydroxylation is 1. The molecule has 0 N–H and O–H groups in total. The van der Waals surface area contributed by atoms with Crippen LogP contribution in [0.2, 0.25) is 0 Å². The summed E-state index contributed by atoms with van der Waals surface area (Å²) >= 11 is 6.34. The molecule has 0 saturated carbocycles. The average molecular weight is 583 g/mol. The summed E-state index contributed by atoms with van der Waals surface area (Å²) in [7, 11) is 0. The van der Waals surface area contributed by atoms with Crippen LogP contribution < -0.4 is 14.9 Å². The minimum absolute atomic E-state index is 0.167. The Balaban J connectivity index is 1.67. The zero-order valence-corrected chi connectivity index (χ0v) is 23.5. The molecule has 0 aliphatic carbocycles. The predicted molar refractivity (Wildman–Crippen MR) is 148 cm³/mol. The monoisotopic (exact) mass is 581 g/mol. The number of allylic oxidation sites excluding steroid dienone is 1. The number of nitrogens with zero attached hydrogens (tertiary/aromatic N) is 3. The van der Waals surface area contributed by atoms with E-state index >= 15 is 0 Å². The maximum Gasteiger partial charge on any atom is 0.338 e. The van der Waals surface area contributed by atoms with Gasteiger partial charge in [-0.2, -0.15) is 0 Å². The van der Waals surface area contributed by atoms with Crippen molar-refractivity contribution in [3.8, 4) is 5.69 Å². The number of thiazole rings is 1. The fourth-order valence-electron chi connectivity index (χ4n) is 4.57. The molecule has 184 valence electrons. The van der Waals surface area contributed by atoms with E-state index in [1.54, 1.807) is 18.4 Å². The number of esters is 1. The molecular weight excluding hydrogens is 558 g/mol. The second-order valence-electron chi connectivity index (χ2n) is 8.46. The highest BCUT2D eigenvalue weighted by atomic mass is 79.9. The van der Waals surface area contributed by atoms with E-state index in [2.05, 4.69) is 57.5 Å². The lowest BCUT2D eigenvalue weighted by Crippen LogP contribution is -2.39. The van der Waals surface area contributed by atoms with E-state index in [1.807, 2.05) is 35.7 Å². The molecule has 4 heterocycles. The number of hydrogen-bond donors (Lipinski definition) is 0. The summed E-state index contributed by atoms with van der Waals surface area (Å²) in [6.07, 6.45) is 1.93. The molecule has 0 spiro atoms. The van der Waals surface area contributed by atoms with E-state index in [-0.39, 0.29) is 12.2 Å². The summed E-state index contributed by atoms with van der Waals surface area (Å²) in [6, 6.07) is 13.5. The first-order valence-electron chi connectivity index (χ1n) is 11.5. The second-order valence-corrected chi connectivity index (χ2v) is 11.4. The van der Waals surface area contributed by atoms with Gasteiger partial charge < -0.3 is 9.30 Å². The normalized spacial score (nSPS) is 15.7. The highest BCUT2D eigenvalue weighted by Crippen LogP contribution is 2.33. The van der Waals surface area contributed by atoms with E-state index in [4.69, 9.17) is 4.74 Å². The van der Waals surface area contributed by atoms with Gasteiger partial charge in [0.1, 0.15) is 6.04 Å². The van der Waals surface area contributed by atoms with Crippen LogP contribution in [0.4, 0.5) is 0 Å². The van der Waals surface area contributed by atoms with Gasteiger partial charge in [0, 0.05) is 26.4 Å². The fourth-order valence-corrected chi connectivity index (χ4v) is 6.70. The van der Waals surface area contributed by atoms with E-state index < -0.39 is 12.0 Å². The van der Waals surface area contributed by atoms with Gasteiger partial charge in [0.25, 0.3) is 5.56 Å². The van der Waals surface area contributed by atoms with Crippen LogP contribution in [0.15, 0.2) is 73.4 Å². The van der Waals surface area contributed by atoms with Crippen molar-refractivity contribution in [2.75, 3.05) is 6.61 Å². The predicted octanol–water partition coefficient (Wildman–Crippen LogP) is 5.03.